The van der Waals surface area contributed by atoms with Crippen LogP contribution in [0.1, 0.15) is 5.56 Å². The Labute approximate surface area is 99.5 Å². The zero-order valence-corrected chi connectivity index (χ0v) is 9.39. The fourth-order valence-electron chi connectivity index (χ4n) is 1.71. The van der Waals surface area contributed by atoms with E-state index in [-0.39, 0.29) is 5.82 Å². The van der Waals surface area contributed by atoms with Crippen LogP contribution in [0.4, 0.5) is 15.8 Å². The van der Waals surface area contributed by atoms with Crippen LogP contribution in [0, 0.1) is 17.1 Å². The predicted octanol–water partition coefficient (Wildman–Crippen LogP) is 3.47. The lowest BCUT2D eigenvalue weighted by Gasteiger charge is -2.20. The highest BCUT2D eigenvalue weighted by Gasteiger charge is 2.11. The van der Waals surface area contributed by atoms with E-state index in [0.29, 0.717) is 16.9 Å². The summed E-state index contributed by atoms with van der Waals surface area (Å²) in [4.78, 5) is 1.67. The lowest BCUT2D eigenvalue weighted by atomic mass is 10.1. The molecule has 0 aliphatic rings. The van der Waals surface area contributed by atoms with Crippen molar-refractivity contribution in [3.05, 3.63) is 59.9 Å². The molecule has 3 heteroatoms. The number of benzene rings is 2. The average Bonchev–Trinajstić information content (AvgIpc) is 2.38. The average molecular weight is 226 g/mol. The van der Waals surface area contributed by atoms with Crippen LogP contribution in [0.3, 0.4) is 0 Å². The van der Waals surface area contributed by atoms with Gasteiger partial charge in [-0.3, -0.25) is 0 Å². The summed E-state index contributed by atoms with van der Waals surface area (Å²) in [6, 6.07) is 15.7. The summed E-state index contributed by atoms with van der Waals surface area (Å²) < 4.78 is 13.6. The van der Waals surface area contributed by atoms with Crippen LogP contribution in [-0.2, 0) is 0 Å². The molecule has 0 spiro atoms. The number of anilines is 2. The van der Waals surface area contributed by atoms with E-state index in [1.807, 2.05) is 6.07 Å². The number of hydrogen-bond donors (Lipinski definition) is 0. The number of halogens is 1. The minimum atomic E-state index is -0.303. The molecule has 0 aliphatic heterocycles. The number of nitrogens with zero attached hydrogens (tertiary/aromatic N) is 2. The van der Waals surface area contributed by atoms with Gasteiger partial charge in [0.15, 0.2) is 0 Å². The molecule has 0 aromatic heterocycles. The largest absolute Gasteiger partial charge is 0.341 e. The SMILES string of the molecule is CN(c1ccccc1F)c1ccccc1C#N. The number of hydrogen-bond acceptors (Lipinski definition) is 2. The second kappa shape index (κ2) is 4.67. The Hall–Kier alpha value is -2.34. The first-order valence-corrected chi connectivity index (χ1v) is 5.21. The maximum Gasteiger partial charge on any atom is 0.146 e. The molecule has 0 heterocycles. The molecule has 0 atom stereocenters. The van der Waals surface area contributed by atoms with Crippen LogP contribution in [0.2, 0.25) is 0 Å². The molecule has 0 saturated heterocycles. The molecule has 0 fully saturated rings. The maximum absolute atomic E-state index is 13.6. The van der Waals surface area contributed by atoms with Crippen molar-refractivity contribution >= 4 is 11.4 Å². The monoisotopic (exact) mass is 226 g/mol. The molecule has 2 aromatic rings. The summed E-state index contributed by atoms with van der Waals surface area (Å²) in [7, 11) is 1.74. The molecule has 2 nitrogen and oxygen atoms in total. The van der Waals surface area contributed by atoms with Gasteiger partial charge in [-0.1, -0.05) is 24.3 Å². The third-order valence-corrected chi connectivity index (χ3v) is 2.60. The molecular weight excluding hydrogens is 215 g/mol. The lowest BCUT2D eigenvalue weighted by Crippen LogP contribution is -2.12. The second-order valence-corrected chi connectivity index (χ2v) is 3.64. The minimum Gasteiger partial charge on any atom is -0.341 e. The summed E-state index contributed by atoms with van der Waals surface area (Å²) in [5, 5.41) is 9.01. The zero-order valence-electron chi connectivity index (χ0n) is 9.39. The first kappa shape index (κ1) is 11.2. The van der Waals surface area contributed by atoms with Crippen LogP contribution in [0.15, 0.2) is 48.5 Å². The van der Waals surface area contributed by atoms with Gasteiger partial charge < -0.3 is 4.90 Å². The van der Waals surface area contributed by atoms with Crippen molar-refractivity contribution in [2.45, 2.75) is 0 Å². The fourth-order valence-corrected chi connectivity index (χ4v) is 1.71. The number of nitriles is 1. The van der Waals surface area contributed by atoms with Crippen molar-refractivity contribution in [2.24, 2.45) is 0 Å². The van der Waals surface area contributed by atoms with E-state index < -0.39 is 0 Å². The van der Waals surface area contributed by atoms with E-state index in [0.717, 1.165) is 0 Å². The molecule has 0 radical (unpaired) electrons. The Bertz CT molecular complexity index is 572. The highest BCUT2D eigenvalue weighted by Crippen LogP contribution is 2.28. The first-order valence-electron chi connectivity index (χ1n) is 5.21. The minimum absolute atomic E-state index is 0.303. The van der Waals surface area contributed by atoms with E-state index in [2.05, 4.69) is 6.07 Å². The van der Waals surface area contributed by atoms with Crippen molar-refractivity contribution in [3.8, 4) is 6.07 Å². The third-order valence-electron chi connectivity index (χ3n) is 2.60. The molecule has 0 aliphatic carbocycles. The summed E-state index contributed by atoms with van der Waals surface area (Å²) in [5.41, 5.74) is 1.67. The second-order valence-electron chi connectivity index (χ2n) is 3.64. The van der Waals surface area contributed by atoms with Crippen molar-refractivity contribution < 1.29 is 4.39 Å². The predicted molar refractivity (Wildman–Crippen MR) is 65.6 cm³/mol. The Morgan fingerprint density at radius 2 is 1.59 bits per heavy atom. The number of rotatable bonds is 2. The summed E-state index contributed by atoms with van der Waals surface area (Å²) in [5.74, 6) is -0.303. The first-order chi connectivity index (χ1) is 8.24. The lowest BCUT2D eigenvalue weighted by molar-refractivity contribution is 0.627. The van der Waals surface area contributed by atoms with Gasteiger partial charge in [0, 0.05) is 7.05 Å². The summed E-state index contributed by atoms with van der Waals surface area (Å²) >= 11 is 0. The van der Waals surface area contributed by atoms with Gasteiger partial charge in [-0.15, -0.1) is 0 Å². The van der Waals surface area contributed by atoms with E-state index in [4.69, 9.17) is 5.26 Å². The van der Waals surface area contributed by atoms with Gasteiger partial charge in [0.25, 0.3) is 0 Å². The molecule has 0 amide bonds. The standard InChI is InChI=1S/C14H11FN2/c1-17(14-9-5-3-7-12(14)15)13-8-4-2-6-11(13)10-16/h2-9H,1H3. The van der Waals surface area contributed by atoms with Crippen LogP contribution < -0.4 is 4.90 Å². The fraction of sp³-hybridized carbons (Fsp3) is 0.0714. The molecule has 2 aromatic carbocycles. The van der Waals surface area contributed by atoms with Crippen molar-refractivity contribution in [1.82, 2.24) is 0 Å². The Kier molecular flexibility index (Phi) is 3.06. The topological polar surface area (TPSA) is 27.0 Å². The smallest absolute Gasteiger partial charge is 0.146 e. The van der Waals surface area contributed by atoms with Crippen LogP contribution in [-0.4, -0.2) is 7.05 Å². The highest BCUT2D eigenvalue weighted by atomic mass is 19.1. The van der Waals surface area contributed by atoms with Crippen LogP contribution >= 0.6 is 0 Å². The maximum atomic E-state index is 13.6. The van der Waals surface area contributed by atoms with Crippen LogP contribution in [0.25, 0.3) is 0 Å². The van der Waals surface area contributed by atoms with Gasteiger partial charge in [0.2, 0.25) is 0 Å². The van der Waals surface area contributed by atoms with Gasteiger partial charge >= 0.3 is 0 Å². The van der Waals surface area contributed by atoms with Crippen LogP contribution in [0.5, 0.6) is 0 Å². The Morgan fingerprint density at radius 3 is 2.24 bits per heavy atom. The molecule has 0 N–H and O–H groups in total. The molecule has 2 rings (SSSR count). The van der Waals surface area contributed by atoms with Gasteiger partial charge in [-0.25, -0.2) is 4.39 Å². The molecule has 0 saturated carbocycles. The van der Waals surface area contributed by atoms with E-state index >= 15 is 0 Å². The quantitative estimate of drug-likeness (QED) is 0.784. The molecule has 84 valence electrons. The van der Waals surface area contributed by atoms with Crippen molar-refractivity contribution in [1.29, 1.82) is 5.26 Å². The third kappa shape index (κ3) is 2.11. The van der Waals surface area contributed by atoms with Crippen molar-refractivity contribution in [2.75, 3.05) is 11.9 Å². The molecule has 0 unspecified atom stereocenters. The van der Waals surface area contributed by atoms with E-state index in [1.54, 1.807) is 48.3 Å². The zero-order chi connectivity index (χ0) is 12.3. The molecule has 0 bridgehead atoms. The van der Waals surface area contributed by atoms with Gasteiger partial charge in [-0.05, 0) is 24.3 Å². The Morgan fingerprint density at radius 1 is 1.00 bits per heavy atom. The van der Waals surface area contributed by atoms with Gasteiger partial charge in [0.05, 0.1) is 16.9 Å². The normalized spacial score (nSPS) is 9.71. The van der Waals surface area contributed by atoms with Crippen molar-refractivity contribution in [3.63, 3.8) is 0 Å². The highest BCUT2D eigenvalue weighted by molar-refractivity contribution is 5.68. The van der Waals surface area contributed by atoms with E-state index in [1.165, 1.54) is 6.07 Å². The summed E-state index contributed by atoms with van der Waals surface area (Å²) in [6.07, 6.45) is 0. The van der Waals surface area contributed by atoms with E-state index in [9.17, 15) is 4.39 Å². The number of para-hydroxylation sites is 2. The van der Waals surface area contributed by atoms with Gasteiger partial charge in [0.1, 0.15) is 11.9 Å². The summed E-state index contributed by atoms with van der Waals surface area (Å²) in [6.45, 7) is 0. The van der Waals surface area contributed by atoms with Gasteiger partial charge in [-0.2, -0.15) is 5.26 Å². The molecule has 17 heavy (non-hydrogen) atoms. The Balaban J connectivity index is 2.48. The molecular formula is C14H11FN2.